The van der Waals surface area contributed by atoms with Crippen molar-refractivity contribution in [2.75, 3.05) is 24.6 Å². The maximum Gasteiger partial charge on any atom is 0.182 e. The number of fused-ring (bicyclic) bond motifs is 1. The number of H-pyrrole nitrogens is 1. The molecule has 0 unspecified atom stereocenters. The largest absolute Gasteiger partial charge is 0.377 e. The molecule has 1 saturated heterocycles. The first-order valence-corrected chi connectivity index (χ1v) is 6.39. The summed E-state index contributed by atoms with van der Waals surface area (Å²) in [6.07, 6.45) is 5.79. The second kappa shape index (κ2) is 4.89. The van der Waals surface area contributed by atoms with Gasteiger partial charge in [0.1, 0.15) is 11.8 Å². The number of aromatic nitrogens is 4. The Morgan fingerprint density at radius 2 is 2.39 bits per heavy atom. The molecule has 0 amide bonds. The van der Waals surface area contributed by atoms with E-state index in [4.69, 9.17) is 4.74 Å². The summed E-state index contributed by atoms with van der Waals surface area (Å²) in [4.78, 5) is 18.1. The van der Waals surface area contributed by atoms with Gasteiger partial charge in [0.2, 0.25) is 0 Å². The number of aromatic amines is 1. The van der Waals surface area contributed by atoms with Crippen LogP contribution in [0.15, 0.2) is 12.7 Å². The molecule has 0 aliphatic carbocycles. The maximum atomic E-state index is 5.72. The number of piperidine rings is 1. The van der Waals surface area contributed by atoms with E-state index in [0.29, 0.717) is 6.10 Å². The van der Waals surface area contributed by atoms with Gasteiger partial charge in [0.15, 0.2) is 11.5 Å². The average molecular weight is 247 g/mol. The van der Waals surface area contributed by atoms with Crippen molar-refractivity contribution in [2.24, 2.45) is 0 Å². The van der Waals surface area contributed by atoms with Gasteiger partial charge in [-0.15, -0.1) is 0 Å². The molecular weight excluding hydrogens is 230 g/mol. The second-order valence-electron chi connectivity index (χ2n) is 4.46. The topological polar surface area (TPSA) is 66.9 Å². The summed E-state index contributed by atoms with van der Waals surface area (Å²) >= 11 is 0. The Hall–Kier alpha value is -1.69. The van der Waals surface area contributed by atoms with Gasteiger partial charge >= 0.3 is 0 Å². The van der Waals surface area contributed by atoms with Crippen LogP contribution in [0.4, 0.5) is 5.82 Å². The van der Waals surface area contributed by atoms with E-state index in [1.807, 2.05) is 6.92 Å². The molecule has 1 atom stereocenters. The number of anilines is 1. The van der Waals surface area contributed by atoms with Gasteiger partial charge in [0.25, 0.3) is 0 Å². The third-order valence-corrected chi connectivity index (χ3v) is 3.28. The Balaban J connectivity index is 1.87. The first-order chi connectivity index (χ1) is 8.88. The van der Waals surface area contributed by atoms with Gasteiger partial charge < -0.3 is 14.6 Å². The third-order valence-electron chi connectivity index (χ3n) is 3.28. The van der Waals surface area contributed by atoms with Crippen LogP contribution in [-0.4, -0.2) is 45.7 Å². The molecule has 0 radical (unpaired) electrons. The van der Waals surface area contributed by atoms with E-state index < -0.39 is 0 Å². The van der Waals surface area contributed by atoms with Gasteiger partial charge in [-0.2, -0.15) is 0 Å². The van der Waals surface area contributed by atoms with E-state index in [9.17, 15) is 0 Å². The van der Waals surface area contributed by atoms with Crippen LogP contribution in [-0.2, 0) is 4.74 Å². The van der Waals surface area contributed by atoms with E-state index in [1.165, 1.54) is 0 Å². The molecule has 2 aromatic rings. The number of rotatable bonds is 3. The number of nitrogens with zero attached hydrogens (tertiary/aromatic N) is 4. The number of hydrogen-bond acceptors (Lipinski definition) is 5. The smallest absolute Gasteiger partial charge is 0.182 e. The van der Waals surface area contributed by atoms with Gasteiger partial charge in [0.05, 0.1) is 12.4 Å². The van der Waals surface area contributed by atoms with Crippen LogP contribution in [0.3, 0.4) is 0 Å². The van der Waals surface area contributed by atoms with Crippen molar-refractivity contribution >= 4 is 17.0 Å². The molecule has 1 aliphatic heterocycles. The van der Waals surface area contributed by atoms with Crippen LogP contribution in [0, 0.1) is 0 Å². The van der Waals surface area contributed by atoms with Crippen molar-refractivity contribution in [2.45, 2.75) is 25.9 Å². The van der Waals surface area contributed by atoms with Gasteiger partial charge in [-0.3, -0.25) is 0 Å². The predicted octanol–water partition coefficient (Wildman–Crippen LogP) is 1.36. The van der Waals surface area contributed by atoms with E-state index >= 15 is 0 Å². The molecule has 3 heterocycles. The lowest BCUT2D eigenvalue weighted by Gasteiger charge is -2.33. The second-order valence-corrected chi connectivity index (χ2v) is 4.46. The quantitative estimate of drug-likeness (QED) is 0.887. The van der Waals surface area contributed by atoms with Crippen LogP contribution in [0.1, 0.15) is 19.8 Å². The van der Waals surface area contributed by atoms with Crippen molar-refractivity contribution < 1.29 is 4.74 Å². The standard InChI is InChI=1S/C12H17N5O/c1-2-18-9-4-3-5-17(6-9)12-10-11(14-7-13-10)15-8-16-12/h7-9H,2-6H2,1H3,(H,13,14,15,16)/t9-/m1/s1. The predicted molar refractivity (Wildman–Crippen MR) is 68.5 cm³/mol. The van der Waals surface area contributed by atoms with Crippen molar-refractivity contribution in [3.05, 3.63) is 12.7 Å². The molecule has 3 rings (SSSR count). The lowest BCUT2D eigenvalue weighted by Crippen LogP contribution is -2.40. The Kier molecular flexibility index (Phi) is 3.10. The minimum atomic E-state index is 0.302. The summed E-state index contributed by atoms with van der Waals surface area (Å²) in [5, 5.41) is 0. The van der Waals surface area contributed by atoms with Crippen molar-refractivity contribution in [1.29, 1.82) is 0 Å². The summed E-state index contributed by atoms with van der Waals surface area (Å²) in [6.45, 7) is 4.70. The monoisotopic (exact) mass is 247 g/mol. The fourth-order valence-electron chi connectivity index (χ4n) is 2.49. The first-order valence-electron chi connectivity index (χ1n) is 6.39. The number of hydrogen-bond donors (Lipinski definition) is 1. The molecule has 96 valence electrons. The summed E-state index contributed by atoms with van der Waals surface area (Å²) in [6, 6.07) is 0. The lowest BCUT2D eigenvalue weighted by atomic mass is 10.1. The molecule has 0 aromatic carbocycles. The summed E-state index contributed by atoms with van der Waals surface area (Å²) < 4.78 is 5.72. The minimum Gasteiger partial charge on any atom is -0.377 e. The molecular formula is C12H17N5O. The Morgan fingerprint density at radius 1 is 1.44 bits per heavy atom. The first kappa shape index (κ1) is 11.4. The van der Waals surface area contributed by atoms with Gasteiger partial charge in [-0.1, -0.05) is 0 Å². The van der Waals surface area contributed by atoms with E-state index in [2.05, 4.69) is 24.8 Å². The van der Waals surface area contributed by atoms with Gasteiger partial charge in [0, 0.05) is 19.7 Å². The van der Waals surface area contributed by atoms with Crippen LogP contribution < -0.4 is 4.90 Å². The maximum absolute atomic E-state index is 5.72. The molecule has 18 heavy (non-hydrogen) atoms. The Bertz CT molecular complexity index is 524. The molecule has 6 heteroatoms. The highest BCUT2D eigenvalue weighted by molar-refractivity contribution is 5.82. The number of imidazole rings is 1. The van der Waals surface area contributed by atoms with Crippen LogP contribution in [0.5, 0.6) is 0 Å². The SMILES string of the molecule is CCO[C@@H]1CCCN(c2ncnc3nc[nH]c23)C1. The van der Waals surface area contributed by atoms with Crippen LogP contribution >= 0.6 is 0 Å². The van der Waals surface area contributed by atoms with Crippen LogP contribution in [0.2, 0.25) is 0 Å². The normalized spacial score (nSPS) is 20.5. The fraction of sp³-hybridized carbons (Fsp3) is 0.583. The fourth-order valence-corrected chi connectivity index (χ4v) is 2.49. The molecule has 0 spiro atoms. The highest BCUT2D eigenvalue weighted by Gasteiger charge is 2.23. The van der Waals surface area contributed by atoms with Crippen molar-refractivity contribution in [3.8, 4) is 0 Å². The molecule has 6 nitrogen and oxygen atoms in total. The zero-order chi connectivity index (χ0) is 12.4. The zero-order valence-corrected chi connectivity index (χ0v) is 10.5. The number of ether oxygens (including phenoxy) is 1. The zero-order valence-electron chi connectivity index (χ0n) is 10.5. The molecule has 1 fully saturated rings. The summed E-state index contributed by atoms with van der Waals surface area (Å²) in [5.74, 6) is 0.932. The average Bonchev–Trinajstić information content (AvgIpc) is 2.87. The van der Waals surface area contributed by atoms with E-state index in [0.717, 1.165) is 49.5 Å². The highest BCUT2D eigenvalue weighted by Crippen LogP contribution is 2.24. The molecule has 1 aliphatic rings. The van der Waals surface area contributed by atoms with Gasteiger partial charge in [-0.05, 0) is 19.8 Å². The van der Waals surface area contributed by atoms with Crippen molar-refractivity contribution in [1.82, 2.24) is 19.9 Å². The third kappa shape index (κ3) is 2.03. The van der Waals surface area contributed by atoms with Crippen LogP contribution in [0.25, 0.3) is 11.2 Å². The van der Waals surface area contributed by atoms with Crippen molar-refractivity contribution in [3.63, 3.8) is 0 Å². The number of nitrogens with one attached hydrogen (secondary N) is 1. The Morgan fingerprint density at radius 3 is 3.28 bits per heavy atom. The lowest BCUT2D eigenvalue weighted by molar-refractivity contribution is 0.0525. The molecule has 2 aromatic heterocycles. The van der Waals surface area contributed by atoms with E-state index in [1.54, 1.807) is 12.7 Å². The molecule has 0 bridgehead atoms. The minimum absolute atomic E-state index is 0.302. The summed E-state index contributed by atoms with van der Waals surface area (Å²) in [5.41, 5.74) is 1.63. The molecule has 1 N–H and O–H groups in total. The summed E-state index contributed by atoms with van der Waals surface area (Å²) in [7, 11) is 0. The molecule has 0 saturated carbocycles. The van der Waals surface area contributed by atoms with E-state index in [-0.39, 0.29) is 0 Å². The Labute approximate surface area is 105 Å². The highest BCUT2D eigenvalue weighted by atomic mass is 16.5. The van der Waals surface area contributed by atoms with Gasteiger partial charge in [-0.25, -0.2) is 15.0 Å².